The van der Waals surface area contributed by atoms with Gasteiger partial charge in [-0.1, -0.05) is 54.1 Å². The van der Waals surface area contributed by atoms with Gasteiger partial charge in [0.25, 0.3) is 5.91 Å². The van der Waals surface area contributed by atoms with E-state index in [2.05, 4.69) is 0 Å². The number of aryl methyl sites for hydroxylation is 1. The average molecular weight is 466 g/mol. The van der Waals surface area contributed by atoms with Crippen molar-refractivity contribution >= 4 is 29.2 Å². The molecule has 1 N–H and O–H groups in total. The van der Waals surface area contributed by atoms with Crippen LogP contribution in [0.1, 0.15) is 24.0 Å². The van der Waals surface area contributed by atoms with E-state index >= 15 is 0 Å². The fourth-order valence-electron chi connectivity index (χ4n) is 3.81. The summed E-state index contributed by atoms with van der Waals surface area (Å²) in [6.07, 6.45) is 0.0718. The monoisotopic (exact) mass is 465 g/mol. The number of aliphatic carboxylic acids is 1. The molecule has 0 saturated carbocycles. The van der Waals surface area contributed by atoms with Gasteiger partial charge >= 0.3 is 5.97 Å². The van der Waals surface area contributed by atoms with E-state index in [4.69, 9.17) is 26.2 Å². The molecule has 1 aliphatic heterocycles. The van der Waals surface area contributed by atoms with Crippen LogP contribution >= 0.6 is 11.6 Å². The predicted molar refractivity (Wildman–Crippen MR) is 126 cm³/mol. The summed E-state index contributed by atoms with van der Waals surface area (Å²) >= 11 is 6.13. The highest BCUT2D eigenvalue weighted by atomic mass is 35.5. The summed E-state index contributed by atoms with van der Waals surface area (Å²) in [5.41, 5.74) is 2.47. The number of nitrogens with zero attached hydrogens (tertiary/aromatic N) is 1. The number of amides is 1. The molecule has 0 aromatic heterocycles. The third-order valence-corrected chi connectivity index (χ3v) is 5.65. The number of carbonyl (C=O) groups is 2. The van der Waals surface area contributed by atoms with E-state index in [0.717, 1.165) is 16.8 Å². The van der Waals surface area contributed by atoms with Crippen LogP contribution < -0.4 is 14.4 Å². The summed E-state index contributed by atoms with van der Waals surface area (Å²) in [6, 6.07) is 22.2. The molecule has 7 heteroatoms. The second-order valence-corrected chi connectivity index (χ2v) is 8.20. The Morgan fingerprint density at radius 3 is 2.67 bits per heavy atom. The quantitative estimate of drug-likeness (QED) is 0.474. The number of fused-ring (bicyclic) bond motifs is 1. The van der Waals surface area contributed by atoms with Crippen molar-refractivity contribution < 1.29 is 24.2 Å². The molecule has 1 amide bonds. The van der Waals surface area contributed by atoms with Gasteiger partial charge in [0.2, 0.25) is 0 Å². The second-order valence-electron chi connectivity index (χ2n) is 7.77. The Labute approximate surface area is 197 Å². The fraction of sp³-hybridized carbons (Fsp3) is 0.231. The molecule has 1 aliphatic rings. The molecule has 1 heterocycles. The summed E-state index contributed by atoms with van der Waals surface area (Å²) in [7, 11) is 0. The number of rotatable bonds is 9. The van der Waals surface area contributed by atoms with Crippen molar-refractivity contribution in [2.75, 3.05) is 11.5 Å². The van der Waals surface area contributed by atoms with Gasteiger partial charge in [0.15, 0.2) is 6.10 Å². The van der Waals surface area contributed by atoms with Gasteiger partial charge in [-0.25, -0.2) is 0 Å². The lowest BCUT2D eigenvalue weighted by Crippen LogP contribution is -2.46. The largest absolute Gasteiger partial charge is 0.493 e. The topological polar surface area (TPSA) is 76.1 Å². The van der Waals surface area contributed by atoms with Crippen LogP contribution in [0.25, 0.3) is 0 Å². The zero-order chi connectivity index (χ0) is 23.2. The third kappa shape index (κ3) is 5.65. The lowest BCUT2D eigenvalue weighted by Gasteiger charge is -2.34. The highest BCUT2D eigenvalue weighted by Gasteiger charge is 2.34. The smallest absolute Gasteiger partial charge is 0.303 e. The van der Waals surface area contributed by atoms with Gasteiger partial charge in [-0.05, 0) is 47.9 Å². The lowest BCUT2D eigenvalue weighted by atomic mass is 10.1. The number of ether oxygens (including phenoxy) is 2. The van der Waals surface area contributed by atoms with Crippen LogP contribution in [-0.4, -0.2) is 29.7 Å². The van der Waals surface area contributed by atoms with Crippen LogP contribution in [0.2, 0.25) is 5.02 Å². The molecule has 1 unspecified atom stereocenters. The summed E-state index contributed by atoms with van der Waals surface area (Å²) in [5, 5.41) is 9.58. The average Bonchev–Trinajstić information content (AvgIpc) is 2.81. The molecule has 0 bridgehead atoms. The molecule has 3 aromatic rings. The number of hydrogen-bond donors (Lipinski definition) is 1. The van der Waals surface area contributed by atoms with Crippen LogP contribution in [0.4, 0.5) is 5.69 Å². The number of halogens is 1. The number of anilines is 1. The van der Waals surface area contributed by atoms with Crippen molar-refractivity contribution in [2.24, 2.45) is 0 Å². The first-order valence-electron chi connectivity index (χ1n) is 10.8. The summed E-state index contributed by atoms with van der Waals surface area (Å²) < 4.78 is 11.9. The Morgan fingerprint density at radius 1 is 1.06 bits per heavy atom. The maximum Gasteiger partial charge on any atom is 0.303 e. The number of hydrogen-bond acceptors (Lipinski definition) is 4. The molecule has 1 atom stereocenters. The zero-order valence-corrected chi connectivity index (χ0v) is 18.7. The molecule has 33 heavy (non-hydrogen) atoms. The molecule has 3 aromatic carbocycles. The lowest BCUT2D eigenvalue weighted by molar-refractivity contribution is -0.137. The van der Waals surface area contributed by atoms with Gasteiger partial charge < -0.3 is 19.5 Å². The van der Waals surface area contributed by atoms with Gasteiger partial charge in [0.05, 0.1) is 18.8 Å². The predicted octanol–water partition coefficient (Wildman–Crippen LogP) is 5.12. The molecule has 0 spiro atoms. The minimum atomic E-state index is -0.857. The van der Waals surface area contributed by atoms with E-state index in [9.17, 15) is 9.59 Å². The molecule has 6 nitrogen and oxygen atoms in total. The Kier molecular flexibility index (Phi) is 7.15. The van der Waals surface area contributed by atoms with E-state index < -0.39 is 12.1 Å². The Morgan fingerprint density at radius 2 is 1.85 bits per heavy atom. The number of para-hydroxylation sites is 3. The van der Waals surface area contributed by atoms with Crippen LogP contribution in [0, 0.1) is 0 Å². The normalized spacial score (nSPS) is 15.0. The van der Waals surface area contributed by atoms with Gasteiger partial charge in [0, 0.05) is 17.9 Å². The van der Waals surface area contributed by atoms with Crippen LogP contribution in [0.3, 0.4) is 0 Å². The molecule has 0 saturated heterocycles. The van der Waals surface area contributed by atoms with E-state index in [1.807, 2.05) is 66.7 Å². The van der Waals surface area contributed by atoms with Crippen LogP contribution in [-0.2, 0) is 22.6 Å². The Bertz CT molecular complexity index is 1150. The highest BCUT2D eigenvalue weighted by Crippen LogP contribution is 2.35. The molecule has 0 radical (unpaired) electrons. The molecule has 170 valence electrons. The van der Waals surface area contributed by atoms with E-state index in [1.165, 1.54) is 0 Å². The minimum Gasteiger partial charge on any atom is -0.493 e. The van der Waals surface area contributed by atoms with E-state index in [-0.39, 0.29) is 18.9 Å². The second kappa shape index (κ2) is 10.4. The summed E-state index contributed by atoms with van der Waals surface area (Å²) in [5.74, 6) is 0.269. The van der Waals surface area contributed by atoms with Crippen molar-refractivity contribution in [1.82, 2.24) is 0 Å². The zero-order valence-electron chi connectivity index (χ0n) is 17.9. The van der Waals surface area contributed by atoms with Crippen molar-refractivity contribution in [1.29, 1.82) is 0 Å². The molecular weight excluding hydrogens is 442 g/mol. The highest BCUT2D eigenvalue weighted by molar-refractivity contribution is 6.30. The standard InChI is InChI=1S/C26H24ClNO5/c27-20-8-5-6-18(16-20)17-28-21-9-2-4-11-23(21)33-24(26(28)31)14-15-32-22-10-3-1-7-19(22)12-13-25(29)30/h1-11,16,24H,12-15,17H2,(H,29,30). The van der Waals surface area contributed by atoms with Crippen molar-refractivity contribution in [3.05, 3.63) is 88.9 Å². The maximum absolute atomic E-state index is 13.3. The maximum atomic E-state index is 13.3. The Balaban J connectivity index is 1.46. The SMILES string of the molecule is O=C(O)CCc1ccccc1OCCC1Oc2ccccc2N(Cc2cccc(Cl)c2)C1=O. The van der Waals surface area contributed by atoms with Crippen molar-refractivity contribution in [3.8, 4) is 11.5 Å². The molecule has 4 rings (SSSR count). The third-order valence-electron chi connectivity index (χ3n) is 5.41. The van der Waals surface area contributed by atoms with E-state index in [0.29, 0.717) is 35.9 Å². The summed E-state index contributed by atoms with van der Waals surface area (Å²) in [6.45, 7) is 0.642. The van der Waals surface area contributed by atoms with Crippen LogP contribution in [0.5, 0.6) is 11.5 Å². The number of carboxylic acids is 1. The van der Waals surface area contributed by atoms with Crippen molar-refractivity contribution in [2.45, 2.75) is 31.9 Å². The molecule has 0 aliphatic carbocycles. The van der Waals surface area contributed by atoms with Gasteiger partial charge in [-0.2, -0.15) is 0 Å². The number of benzene rings is 3. The minimum absolute atomic E-state index is 0.0276. The Hall–Kier alpha value is -3.51. The van der Waals surface area contributed by atoms with Gasteiger partial charge in [-0.15, -0.1) is 0 Å². The van der Waals surface area contributed by atoms with Gasteiger partial charge in [-0.3, -0.25) is 9.59 Å². The fourth-order valence-corrected chi connectivity index (χ4v) is 4.02. The first kappa shape index (κ1) is 22.7. The van der Waals surface area contributed by atoms with Crippen molar-refractivity contribution in [3.63, 3.8) is 0 Å². The molecular formula is C26H24ClNO5. The van der Waals surface area contributed by atoms with Gasteiger partial charge in [0.1, 0.15) is 11.5 Å². The van der Waals surface area contributed by atoms with Crippen LogP contribution in [0.15, 0.2) is 72.8 Å². The molecule has 0 fully saturated rings. The number of carbonyl (C=O) groups excluding carboxylic acids is 1. The first-order valence-corrected chi connectivity index (χ1v) is 11.1. The summed E-state index contributed by atoms with van der Waals surface area (Å²) in [4.78, 5) is 25.9. The number of carboxylic acid groups (broad SMARTS) is 1. The van der Waals surface area contributed by atoms with E-state index in [1.54, 1.807) is 11.0 Å². The first-order chi connectivity index (χ1) is 16.0.